The average Bonchev–Trinajstić information content (AvgIpc) is 3.02. The van der Waals surface area contributed by atoms with Gasteiger partial charge in [-0.15, -0.1) is 0 Å². The largest absolute Gasteiger partial charge is 0.338 e. The maximum absolute atomic E-state index is 12.9. The Morgan fingerprint density at radius 2 is 1.83 bits per heavy atom. The van der Waals surface area contributed by atoms with Gasteiger partial charge in [-0.1, -0.05) is 17.3 Å². The van der Waals surface area contributed by atoms with E-state index in [0.717, 1.165) is 25.2 Å². The van der Waals surface area contributed by atoms with Crippen molar-refractivity contribution in [3.8, 4) is 11.6 Å². The third kappa shape index (κ3) is 2.95. The van der Waals surface area contributed by atoms with Crippen LogP contribution in [0.5, 0.6) is 0 Å². The monoisotopic (exact) mass is 311 g/mol. The summed E-state index contributed by atoms with van der Waals surface area (Å²) in [6, 6.07) is 8.32. The van der Waals surface area contributed by atoms with Crippen LogP contribution < -0.4 is 0 Å². The summed E-state index contributed by atoms with van der Waals surface area (Å²) in [4.78, 5) is 14.8. The normalized spacial score (nSPS) is 15.5. The van der Waals surface area contributed by atoms with E-state index >= 15 is 0 Å². The molecule has 0 unspecified atom stereocenters. The molecule has 0 spiro atoms. The van der Waals surface area contributed by atoms with Crippen LogP contribution in [-0.2, 0) is 6.54 Å². The van der Waals surface area contributed by atoms with Crippen molar-refractivity contribution in [1.82, 2.24) is 25.0 Å². The molecule has 0 saturated carbocycles. The molecule has 0 N–H and O–H groups in total. The van der Waals surface area contributed by atoms with Crippen LogP contribution in [0.2, 0.25) is 0 Å². The van der Waals surface area contributed by atoms with E-state index in [1.807, 2.05) is 0 Å². The van der Waals surface area contributed by atoms with Crippen molar-refractivity contribution in [1.29, 1.82) is 0 Å². The van der Waals surface area contributed by atoms with Crippen molar-refractivity contribution in [2.24, 2.45) is 0 Å². The molecule has 0 radical (unpaired) electrons. The molecule has 0 amide bonds. The van der Waals surface area contributed by atoms with Crippen molar-refractivity contribution >= 4 is 0 Å². The fourth-order valence-corrected chi connectivity index (χ4v) is 2.61. The van der Waals surface area contributed by atoms with Gasteiger partial charge in [0.2, 0.25) is 17.5 Å². The van der Waals surface area contributed by atoms with Gasteiger partial charge in [0.05, 0.1) is 5.92 Å². The number of hydrogen-bond acceptors (Lipinski definition) is 6. The molecule has 2 aromatic heterocycles. The lowest BCUT2D eigenvalue weighted by Crippen LogP contribution is -2.44. The number of likely N-dealkylation sites (tertiary alicyclic amines) is 1. The minimum Gasteiger partial charge on any atom is -0.338 e. The molecule has 1 aliphatic rings. The highest BCUT2D eigenvalue weighted by Crippen LogP contribution is 2.28. The summed E-state index contributed by atoms with van der Waals surface area (Å²) < 4.78 is 18.2. The van der Waals surface area contributed by atoms with Crippen LogP contribution in [0.15, 0.2) is 47.2 Å². The second kappa shape index (κ2) is 5.85. The van der Waals surface area contributed by atoms with Gasteiger partial charge in [0, 0.05) is 32.0 Å². The number of aromatic nitrogens is 4. The third-order valence-corrected chi connectivity index (χ3v) is 3.83. The lowest BCUT2D eigenvalue weighted by Gasteiger charge is -2.37. The lowest BCUT2D eigenvalue weighted by atomic mass is 9.99. The second-order valence-corrected chi connectivity index (χ2v) is 5.55. The highest BCUT2D eigenvalue weighted by atomic mass is 19.1. The Morgan fingerprint density at radius 1 is 1.09 bits per heavy atom. The molecule has 116 valence electrons. The SMILES string of the molecule is Fc1ccc(CN2CC(c3nc(-c4ncccn4)no3)C2)cc1. The molecule has 1 saturated heterocycles. The lowest BCUT2D eigenvalue weighted by molar-refractivity contribution is 0.117. The molecular formula is C16H14FN5O. The van der Waals surface area contributed by atoms with Gasteiger partial charge in [-0.3, -0.25) is 4.90 Å². The minimum absolute atomic E-state index is 0.211. The first-order valence-electron chi connectivity index (χ1n) is 7.36. The summed E-state index contributed by atoms with van der Waals surface area (Å²) >= 11 is 0. The maximum Gasteiger partial charge on any atom is 0.240 e. The number of rotatable bonds is 4. The zero-order chi connectivity index (χ0) is 15.6. The topological polar surface area (TPSA) is 67.9 Å². The minimum atomic E-state index is -0.211. The summed E-state index contributed by atoms with van der Waals surface area (Å²) in [7, 11) is 0. The number of benzene rings is 1. The van der Waals surface area contributed by atoms with E-state index in [1.165, 1.54) is 12.1 Å². The van der Waals surface area contributed by atoms with Gasteiger partial charge < -0.3 is 4.52 Å². The van der Waals surface area contributed by atoms with Crippen molar-refractivity contribution in [3.63, 3.8) is 0 Å². The molecule has 1 aromatic carbocycles. The Labute approximate surface area is 132 Å². The van der Waals surface area contributed by atoms with Gasteiger partial charge in [0.25, 0.3) is 0 Å². The summed E-state index contributed by atoms with van der Waals surface area (Å²) in [6.45, 7) is 2.48. The van der Waals surface area contributed by atoms with E-state index in [4.69, 9.17) is 4.52 Å². The van der Waals surface area contributed by atoms with E-state index in [2.05, 4.69) is 25.0 Å². The zero-order valence-corrected chi connectivity index (χ0v) is 12.3. The average molecular weight is 311 g/mol. The number of hydrogen-bond donors (Lipinski definition) is 0. The molecule has 4 rings (SSSR count). The molecule has 1 aliphatic heterocycles. The van der Waals surface area contributed by atoms with Crippen LogP contribution >= 0.6 is 0 Å². The van der Waals surface area contributed by atoms with Crippen molar-refractivity contribution in [2.45, 2.75) is 12.5 Å². The van der Waals surface area contributed by atoms with Crippen LogP contribution in [0.4, 0.5) is 4.39 Å². The van der Waals surface area contributed by atoms with E-state index in [0.29, 0.717) is 17.5 Å². The molecular weight excluding hydrogens is 297 g/mol. The zero-order valence-electron chi connectivity index (χ0n) is 12.3. The summed E-state index contributed by atoms with van der Waals surface area (Å²) in [5.74, 6) is 1.50. The van der Waals surface area contributed by atoms with Crippen molar-refractivity contribution in [2.75, 3.05) is 13.1 Å². The van der Waals surface area contributed by atoms with Crippen LogP contribution in [-0.4, -0.2) is 38.1 Å². The predicted molar refractivity (Wildman–Crippen MR) is 79.7 cm³/mol. The fourth-order valence-electron chi connectivity index (χ4n) is 2.61. The van der Waals surface area contributed by atoms with E-state index < -0.39 is 0 Å². The first-order chi connectivity index (χ1) is 11.3. The standard InChI is InChI=1S/C16H14FN5O/c17-13-4-2-11(3-5-13)8-22-9-12(10-22)16-20-15(21-23-16)14-18-6-1-7-19-14/h1-7,12H,8-10H2. The summed E-state index contributed by atoms with van der Waals surface area (Å²) in [5.41, 5.74) is 1.09. The van der Waals surface area contributed by atoms with Gasteiger partial charge >= 0.3 is 0 Å². The molecule has 3 aromatic rings. The van der Waals surface area contributed by atoms with Gasteiger partial charge in [-0.25, -0.2) is 14.4 Å². The Kier molecular flexibility index (Phi) is 3.55. The number of nitrogens with zero attached hydrogens (tertiary/aromatic N) is 5. The van der Waals surface area contributed by atoms with Gasteiger partial charge in [-0.2, -0.15) is 4.98 Å². The van der Waals surface area contributed by atoms with Crippen LogP contribution in [0.3, 0.4) is 0 Å². The van der Waals surface area contributed by atoms with Crippen molar-refractivity contribution in [3.05, 3.63) is 60.0 Å². The molecule has 0 aliphatic carbocycles. The van der Waals surface area contributed by atoms with Crippen LogP contribution in [0, 0.1) is 5.82 Å². The molecule has 0 bridgehead atoms. The number of halogens is 1. The molecule has 0 atom stereocenters. The Balaban J connectivity index is 1.37. The highest BCUT2D eigenvalue weighted by Gasteiger charge is 2.32. The molecule has 1 fully saturated rings. The van der Waals surface area contributed by atoms with E-state index in [1.54, 1.807) is 30.6 Å². The van der Waals surface area contributed by atoms with Crippen LogP contribution in [0.1, 0.15) is 17.4 Å². The van der Waals surface area contributed by atoms with Gasteiger partial charge in [-0.05, 0) is 23.8 Å². The van der Waals surface area contributed by atoms with E-state index in [9.17, 15) is 4.39 Å². The first-order valence-corrected chi connectivity index (χ1v) is 7.36. The summed E-state index contributed by atoms with van der Waals surface area (Å²) in [5, 5.41) is 3.94. The molecule has 7 heteroatoms. The molecule has 3 heterocycles. The third-order valence-electron chi connectivity index (χ3n) is 3.83. The summed E-state index contributed by atoms with van der Waals surface area (Å²) in [6.07, 6.45) is 3.29. The quantitative estimate of drug-likeness (QED) is 0.736. The Bertz CT molecular complexity index is 784. The first kappa shape index (κ1) is 14.0. The van der Waals surface area contributed by atoms with Crippen LogP contribution in [0.25, 0.3) is 11.6 Å². The maximum atomic E-state index is 12.9. The second-order valence-electron chi connectivity index (χ2n) is 5.55. The molecule has 23 heavy (non-hydrogen) atoms. The predicted octanol–water partition coefficient (Wildman–Crippen LogP) is 2.27. The fraction of sp³-hybridized carbons (Fsp3) is 0.250. The van der Waals surface area contributed by atoms with Gasteiger partial charge in [0.15, 0.2) is 0 Å². The molecule has 6 nitrogen and oxygen atoms in total. The highest BCUT2D eigenvalue weighted by molar-refractivity contribution is 5.40. The Morgan fingerprint density at radius 3 is 2.57 bits per heavy atom. The Hall–Kier alpha value is -2.67. The smallest absolute Gasteiger partial charge is 0.240 e. The van der Waals surface area contributed by atoms with Gasteiger partial charge in [0.1, 0.15) is 5.82 Å². The van der Waals surface area contributed by atoms with E-state index in [-0.39, 0.29) is 11.7 Å². The van der Waals surface area contributed by atoms with Crippen molar-refractivity contribution < 1.29 is 8.91 Å².